The number of rotatable bonds is 5. The molecule has 0 saturated heterocycles. The SMILES string of the molecule is CC(=S)CSCCc1cc(C(C)(C)C)ccn1. The lowest BCUT2D eigenvalue weighted by molar-refractivity contribution is 0.588. The molecule has 0 atom stereocenters. The average Bonchev–Trinajstić information content (AvgIpc) is 2.23. The molecule has 1 aromatic rings. The topological polar surface area (TPSA) is 12.9 Å². The summed E-state index contributed by atoms with van der Waals surface area (Å²) in [5.41, 5.74) is 2.75. The second kappa shape index (κ2) is 6.50. The highest BCUT2D eigenvalue weighted by Gasteiger charge is 2.13. The van der Waals surface area contributed by atoms with Crippen molar-refractivity contribution in [2.45, 2.75) is 39.5 Å². The van der Waals surface area contributed by atoms with E-state index in [1.807, 2.05) is 24.9 Å². The zero-order valence-electron chi connectivity index (χ0n) is 11.1. The molecule has 0 spiro atoms. The van der Waals surface area contributed by atoms with Crippen LogP contribution in [0.5, 0.6) is 0 Å². The molecular formula is C14H21NS2. The number of thioether (sulfide) groups is 1. The molecule has 0 bridgehead atoms. The van der Waals surface area contributed by atoms with Crippen molar-refractivity contribution in [2.75, 3.05) is 11.5 Å². The molecule has 1 rings (SSSR count). The van der Waals surface area contributed by atoms with Gasteiger partial charge in [0, 0.05) is 17.6 Å². The van der Waals surface area contributed by atoms with Gasteiger partial charge in [-0.05, 0) is 47.1 Å². The van der Waals surface area contributed by atoms with Crippen molar-refractivity contribution >= 4 is 28.8 Å². The third kappa shape index (κ3) is 5.64. The van der Waals surface area contributed by atoms with Crippen molar-refractivity contribution in [3.05, 3.63) is 29.6 Å². The van der Waals surface area contributed by atoms with Crippen molar-refractivity contribution in [1.29, 1.82) is 0 Å². The van der Waals surface area contributed by atoms with Gasteiger partial charge in [-0.3, -0.25) is 4.98 Å². The van der Waals surface area contributed by atoms with Gasteiger partial charge in [0.2, 0.25) is 0 Å². The molecule has 1 heterocycles. The molecule has 1 aromatic heterocycles. The summed E-state index contributed by atoms with van der Waals surface area (Å²) in [5.74, 6) is 2.07. The summed E-state index contributed by atoms with van der Waals surface area (Å²) >= 11 is 6.95. The Morgan fingerprint density at radius 1 is 1.41 bits per heavy atom. The third-order valence-electron chi connectivity index (χ3n) is 2.49. The van der Waals surface area contributed by atoms with Crippen LogP contribution in [0.4, 0.5) is 0 Å². The molecule has 0 fully saturated rings. The molecule has 0 aliphatic carbocycles. The first kappa shape index (κ1) is 14.7. The van der Waals surface area contributed by atoms with Crippen molar-refractivity contribution in [3.63, 3.8) is 0 Å². The van der Waals surface area contributed by atoms with Crippen LogP contribution in [0.3, 0.4) is 0 Å². The van der Waals surface area contributed by atoms with Gasteiger partial charge in [0.15, 0.2) is 0 Å². The molecule has 0 aliphatic rings. The molecule has 0 aliphatic heterocycles. The molecule has 17 heavy (non-hydrogen) atoms. The first-order chi connectivity index (χ1) is 7.89. The summed E-state index contributed by atoms with van der Waals surface area (Å²) in [4.78, 5) is 5.50. The molecule has 0 aromatic carbocycles. The van der Waals surface area contributed by atoms with E-state index in [0.29, 0.717) is 0 Å². The van der Waals surface area contributed by atoms with Crippen LogP contribution in [0.15, 0.2) is 18.3 Å². The van der Waals surface area contributed by atoms with Crippen molar-refractivity contribution in [2.24, 2.45) is 0 Å². The van der Waals surface area contributed by atoms with Crippen molar-refractivity contribution in [1.82, 2.24) is 4.98 Å². The smallest absolute Gasteiger partial charge is 0.0414 e. The molecule has 0 saturated carbocycles. The number of hydrogen-bond acceptors (Lipinski definition) is 3. The minimum absolute atomic E-state index is 0.204. The molecule has 0 amide bonds. The first-order valence-electron chi connectivity index (χ1n) is 5.92. The van der Waals surface area contributed by atoms with E-state index in [2.05, 4.69) is 37.9 Å². The Morgan fingerprint density at radius 2 is 2.12 bits per heavy atom. The van der Waals surface area contributed by atoms with Crippen LogP contribution >= 0.6 is 24.0 Å². The largest absolute Gasteiger partial charge is 0.261 e. The van der Waals surface area contributed by atoms with E-state index >= 15 is 0 Å². The van der Waals surface area contributed by atoms with E-state index in [0.717, 1.165) is 22.8 Å². The van der Waals surface area contributed by atoms with Crippen LogP contribution in [0.25, 0.3) is 0 Å². The van der Waals surface area contributed by atoms with Gasteiger partial charge < -0.3 is 0 Å². The van der Waals surface area contributed by atoms with Gasteiger partial charge in [-0.25, -0.2) is 0 Å². The van der Waals surface area contributed by atoms with E-state index in [1.165, 1.54) is 11.3 Å². The molecule has 94 valence electrons. The number of thiocarbonyl (C=S) groups is 1. The van der Waals surface area contributed by atoms with E-state index in [-0.39, 0.29) is 5.41 Å². The fourth-order valence-corrected chi connectivity index (χ4v) is 2.51. The zero-order chi connectivity index (χ0) is 12.9. The van der Waals surface area contributed by atoms with E-state index < -0.39 is 0 Å². The standard InChI is InChI=1S/C14H21NS2/c1-11(16)10-17-8-6-13-9-12(5-7-15-13)14(2,3)4/h5,7,9H,6,8,10H2,1-4H3. The zero-order valence-corrected chi connectivity index (χ0v) is 12.8. The van der Waals surface area contributed by atoms with Crippen LogP contribution in [0.2, 0.25) is 0 Å². The van der Waals surface area contributed by atoms with Gasteiger partial charge in [-0.2, -0.15) is 11.8 Å². The number of pyridine rings is 1. The lowest BCUT2D eigenvalue weighted by Gasteiger charge is -2.19. The monoisotopic (exact) mass is 267 g/mol. The summed E-state index contributed by atoms with van der Waals surface area (Å²) in [5, 5.41) is 0. The maximum Gasteiger partial charge on any atom is 0.0414 e. The van der Waals surface area contributed by atoms with Gasteiger partial charge in [0.25, 0.3) is 0 Å². The second-order valence-corrected chi connectivity index (χ2v) is 7.09. The number of aryl methyl sites for hydroxylation is 1. The summed E-state index contributed by atoms with van der Waals surface area (Å²) in [6, 6.07) is 4.34. The fourth-order valence-electron chi connectivity index (χ4n) is 1.47. The highest BCUT2D eigenvalue weighted by molar-refractivity contribution is 8.01. The maximum atomic E-state index is 5.06. The Bertz CT molecular complexity index is 380. The molecule has 0 N–H and O–H groups in total. The Labute approximate surface area is 114 Å². The summed E-state index contributed by atoms with van der Waals surface area (Å²) in [7, 11) is 0. The maximum absolute atomic E-state index is 5.06. The van der Waals surface area contributed by atoms with E-state index in [9.17, 15) is 0 Å². The highest BCUT2D eigenvalue weighted by Crippen LogP contribution is 2.22. The summed E-state index contributed by atoms with van der Waals surface area (Å²) in [6.45, 7) is 8.70. The van der Waals surface area contributed by atoms with Crippen LogP contribution in [-0.2, 0) is 11.8 Å². The van der Waals surface area contributed by atoms with Crippen LogP contribution in [0.1, 0.15) is 39.0 Å². The predicted molar refractivity (Wildman–Crippen MR) is 82.2 cm³/mol. The van der Waals surface area contributed by atoms with Crippen LogP contribution in [-0.4, -0.2) is 21.4 Å². The fraction of sp³-hybridized carbons (Fsp3) is 0.571. The number of nitrogens with zero attached hydrogens (tertiary/aromatic N) is 1. The van der Waals surface area contributed by atoms with Gasteiger partial charge in [-0.1, -0.05) is 33.0 Å². The minimum Gasteiger partial charge on any atom is -0.261 e. The van der Waals surface area contributed by atoms with Gasteiger partial charge in [0.05, 0.1) is 0 Å². The first-order valence-corrected chi connectivity index (χ1v) is 7.48. The van der Waals surface area contributed by atoms with Crippen molar-refractivity contribution in [3.8, 4) is 0 Å². The quantitative estimate of drug-likeness (QED) is 0.590. The Morgan fingerprint density at radius 3 is 2.71 bits per heavy atom. The van der Waals surface area contributed by atoms with Gasteiger partial charge >= 0.3 is 0 Å². The highest BCUT2D eigenvalue weighted by atomic mass is 32.2. The van der Waals surface area contributed by atoms with Crippen LogP contribution in [0, 0.1) is 0 Å². The molecular weight excluding hydrogens is 246 g/mol. The normalized spacial score (nSPS) is 11.5. The van der Waals surface area contributed by atoms with Crippen molar-refractivity contribution < 1.29 is 0 Å². The predicted octanol–water partition coefficient (Wildman–Crippen LogP) is 4.04. The van der Waals surface area contributed by atoms with Gasteiger partial charge in [-0.15, -0.1) is 0 Å². The third-order valence-corrected chi connectivity index (χ3v) is 3.95. The Balaban J connectivity index is 2.52. The van der Waals surface area contributed by atoms with E-state index in [4.69, 9.17) is 12.2 Å². The Kier molecular flexibility index (Phi) is 5.60. The summed E-state index contributed by atoms with van der Waals surface area (Å²) in [6.07, 6.45) is 2.95. The molecule has 0 radical (unpaired) electrons. The number of hydrogen-bond donors (Lipinski definition) is 0. The molecule has 3 heteroatoms. The molecule has 1 nitrogen and oxygen atoms in total. The molecule has 0 unspecified atom stereocenters. The lowest BCUT2D eigenvalue weighted by Crippen LogP contribution is -2.12. The van der Waals surface area contributed by atoms with Gasteiger partial charge in [0.1, 0.15) is 0 Å². The number of aromatic nitrogens is 1. The van der Waals surface area contributed by atoms with Crippen LogP contribution < -0.4 is 0 Å². The lowest BCUT2D eigenvalue weighted by atomic mass is 9.87. The second-order valence-electron chi connectivity index (χ2n) is 5.29. The summed E-state index contributed by atoms with van der Waals surface area (Å²) < 4.78 is 0. The Hall–Kier alpha value is -0.410. The minimum atomic E-state index is 0.204. The van der Waals surface area contributed by atoms with E-state index in [1.54, 1.807) is 0 Å². The average molecular weight is 267 g/mol.